The Balaban J connectivity index is 1.40. The smallest absolute Gasteiger partial charge is 0.327 e. The molecule has 3 aromatic carbocycles. The summed E-state index contributed by atoms with van der Waals surface area (Å²) >= 11 is 0. The number of benzene rings is 3. The van der Waals surface area contributed by atoms with Gasteiger partial charge in [-0.05, 0) is 61.4 Å². The number of urea groups is 2. The van der Waals surface area contributed by atoms with Crippen LogP contribution in [0.15, 0.2) is 66.9 Å². The molecule has 4 rings (SSSR count). The summed E-state index contributed by atoms with van der Waals surface area (Å²) in [6.45, 7) is 3.77. The van der Waals surface area contributed by atoms with Gasteiger partial charge in [0.25, 0.3) is 0 Å². The zero-order chi connectivity index (χ0) is 25.7. The van der Waals surface area contributed by atoms with Crippen molar-refractivity contribution in [3.05, 3.63) is 78.0 Å². The van der Waals surface area contributed by atoms with Crippen molar-refractivity contribution in [3.63, 3.8) is 0 Å². The molecule has 0 radical (unpaired) electrons. The fraction of sp³-hybridized carbons (Fsp3) is 0.148. The molecule has 9 nitrogen and oxygen atoms in total. The van der Waals surface area contributed by atoms with Crippen molar-refractivity contribution in [2.24, 2.45) is 0 Å². The first-order valence-electron chi connectivity index (χ1n) is 11.1. The van der Waals surface area contributed by atoms with Gasteiger partial charge in [0.1, 0.15) is 11.5 Å². The lowest BCUT2D eigenvalue weighted by molar-refractivity contribution is 0.240. The molecule has 184 valence electrons. The quantitative estimate of drug-likeness (QED) is 0.308. The fourth-order valence-corrected chi connectivity index (χ4v) is 3.69. The summed E-state index contributed by atoms with van der Waals surface area (Å²) in [5.41, 5.74) is 3.66. The molecule has 4 aromatic rings. The molecule has 1 heterocycles. The summed E-state index contributed by atoms with van der Waals surface area (Å²) in [6.07, 6.45) is 1.65. The second-order valence-corrected chi connectivity index (χ2v) is 7.96. The number of para-hydroxylation sites is 1. The van der Waals surface area contributed by atoms with E-state index in [-0.39, 0.29) is 0 Å². The first kappa shape index (κ1) is 24.3. The Kier molecular flexibility index (Phi) is 7.20. The lowest BCUT2D eigenvalue weighted by Crippen LogP contribution is -2.37. The standard InChI is InChI=1S/C27H26N4O5/c1-16-6-5-7-17(2)25(16)30-27(33)31-26(32)29-18-8-10-19(11-9-18)36-22-12-13-28-21-15-24(35-4)23(34-3)14-20(21)22/h5-15H,1-4H3,(H3,29,30,31,32,33). The summed E-state index contributed by atoms with van der Waals surface area (Å²) in [4.78, 5) is 28.9. The Morgan fingerprint density at radius 3 is 2.08 bits per heavy atom. The number of nitrogens with one attached hydrogen (secondary N) is 3. The summed E-state index contributed by atoms with van der Waals surface area (Å²) in [7, 11) is 3.13. The van der Waals surface area contributed by atoms with E-state index in [0.29, 0.717) is 39.9 Å². The van der Waals surface area contributed by atoms with Crippen LogP contribution in [0.1, 0.15) is 11.1 Å². The highest BCUT2D eigenvalue weighted by molar-refractivity contribution is 6.05. The Hall–Kier alpha value is -4.79. The lowest BCUT2D eigenvalue weighted by Gasteiger charge is -2.13. The van der Waals surface area contributed by atoms with E-state index in [2.05, 4.69) is 20.9 Å². The van der Waals surface area contributed by atoms with Crippen LogP contribution in [0.5, 0.6) is 23.0 Å². The van der Waals surface area contributed by atoms with Crippen molar-refractivity contribution in [1.29, 1.82) is 0 Å². The molecule has 0 unspecified atom stereocenters. The van der Waals surface area contributed by atoms with Crippen molar-refractivity contribution in [2.45, 2.75) is 13.8 Å². The zero-order valence-corrected chi connectivity index (χ0v) is 20.3. The van der Waals surface area contributed by atoms with E-state index in [9.17, 15) is 9.59 Å². The van der Waals surface area contributed by atoms with E-state index in [1.165, 1.54) is 0 Å². The van der Waals surface area contributed by atoms with Crippen LogP contribution < -0.4 is 30.2 Å². The van der Waals surface area contributed by atoms with Crippen molar-refractivity contribution in [2.75, 3.05) is 24.9 Å². The van der Waals surface area contributed by atoms with Crippen LogP contribution in [-0.4, -0.2) is 31.3 Å². The third-order valence-electron chi connectivity index (χ3n) is 5.49. The van der Waals surface area contributed by atoms with E-state index in [1.54, 1.807) is 62.9 Å². The maximum absolute atomic E-state index is 12.3. The molecule has 9 heteroatoms. The summed E-state index contributed by atoms with van der Waals surface area (Å²) in [5, 5.41) is 8.36. The summed E-state index contributed by atoms with van der Waals surface area (Å²) < 4.78 is 16.8. The number of fused-ring (bicyclic) bond motifs is 1. The highest BCUT2D eigenvalue weighted by Crippen LogP contribution is 2.37. The second-order valence-electron chi connectivity index (χ2n) is 7.96. The van der Waals surface area contributed by atoms with Crippen LogP contribution in [-0.2, 0) is 0 Å². The van der Waals surface area contributed by atoms with Crippen LogP contribution in [0.4, 0.5) is 21.0 Å². The van der Waals surface area contributed by atoms with Crippen molar-refractivity contribution in [3.8, 4) is 23.0 Å². The molecule has 36 heavy (non-hydrogen) atoms. The number of pyridine rings is 1. The highest BCUT2D eigenvalue weighted by Gasteiger charge is 2.13. The summed E-state index contributed by atoms with van der Waals surface area (Å²) in [5.74, 6) is 2.28. The maximum Gasteiger partial charge on any atom is 0.327 e. The Morgan fingerprint density at radius 1 is 0.778 bits per heavy atom. The van der Waals surface area contributed by atoms with E-state index in [0.717, 1.165) is 16.5 Å². The molecule has 0 aliphatic heterocycles. The number of imide groups is 1. The molecule has 0 aliphatic rings. The third-order valence-corrected chi connectivity index (χ3v) is 5.49. The van der Waals surface area contributed by atoms with E-state index in [4.69, 9.17) is 14.2 Å². The Labute approximate surface area is 208 Å². The Bertz CT molecular complexity index is 1400. The number of hydrogen-bond donors (Lipinski definition) is 3. The number of rotatable bonds is 6. The van der Waals surface area contributed by atoms with Crippen molar-refractivity contribution in [1.82, 2.24) is 10.3 Å². The van der Waals surface area contributed by atoms with Gasteiger partial charge < -0.3 is 24.8 Å². The molecule has 0 bridgehead atoms. The van der Waals surface area contributed by atoms with Gasteiger partial charge >= 0.3 is 12.1 Å². The van der Waals surface area contributed by atoms with Gasteiger partial charge in [-0.15, -0.1) is 0 Å². The van der Waals surface area contributed by atoms with E-state index < -0.39 is 12.1 Å². The first-order chi connectivity index (χ1) is 17.4. The number of aromatic nitrogens is 1. The van der Waals surface area contributed by atoms with Crippen molar-refractivity contribution >= 4 is 34.3 Å². The van der Waals surface area contributed by atoms with Crippen LogP contribution in [0.2, 0.25) is 0 Å². The molecule has 1 aromatic heterocycles. The normalized spacial score (nSPS) is 10.4. The van der Waals surface area contributed by atoms with Gasteiger partial charge in [0.2, 0.25) is 0 Å². The molecule has 0 saturated carbocycles. The van der Waals surface area contributed by atoms with Gasteiger partial charge in [-0.3, -0.25) is 10.3 Å². The largest absolute Gasteiger partial charge is 0.493 e. The number of hydrogen-bond acceptors (Lipinski definition) is 6. The number of nitrogens with zero attached hydrogens (tertiary/aromatic N) is 1. The molecule has 0 saturated heterocycles. The number of carbonyl (C=O) groups excluding carboxylic acids is 2. The number of anilines is 2. The number of amides is 4. The lowest BCUT2D eigenvalue weighted by atomic mass is 10.1. The van der Waals surface area contributed by atoms with Crippen LogP contribution >= 0.6 is 0 Å². The van der Waals surface area contributed by atoms with Crippen LogP contribution in [0.3, 0.4) is 0 Å². The topological polar surface area (TPSA) is 111 Å². The van der Waals surface area contributed by atoms with Gasteiger partial charge in [0.15, 0.2) is 11.5 Å². The molecular formula is C27H26N4O5. The van der Waals surface area contributed by atoms with Gasteiger partial charge in [-0.2, -0.15) is 0 Å². The Morgan fingerprint density at radius 2 is 1.42 bits per heavy atom. The molecule has 0 fully saturated rings. The van der Waals surface area contributed by atoms with E-state index >= 15 is 0 Å². The predicted octanol–water partition coefficient (Wildman–Crippen LogP) is 6.01. The molecule has 0 aliphatic carbocycles. The number of carbonyl (C=O) groups is 2. The summed E-state index contributed by atoms with van der Waals surface area (Å²) in [6, 6.07) is 16.5. The molecule has 4 amide bonds. The maximum atomic E-state index is 12.3. The molecule has 0 atom stereocenters. The van der Waals surface area contributed by atoms with Gasteiger partial charge in [0, 0.05) is 29.0 Å². The number of methoxy groups -OCH3 is 2. The van der Waals surface area contributed by atoms with Crippen LogP contribution in [0, 0.1) is 13.8 Å². The minimum atomic E-state index is -0.659. The second kappa shape index (κ2) is 10.6. The van der Waals surface area contributed by atoms with Gasteiger partial charge in [-0.25, -0.2) is 9.59 Å². The van der Waals surface area contributed by atoms with Gasteiger partial charge in [0.05, 0.1) is 19.7 Å². The number of aryl methyl sites for hydroxylation is 2. The van der Waals surface area contributed by atoms with Crippen LogP contribution in [0.25, 0.3) is 10.9 Å². The fourth-order valence-electron chi connectivity index (χ4n) is 3.69. The van der Waals surface area contributed by atoms with Gasteiger partial charge in [-0.1, -0.05) is 18.2 Å². The monoisotopic (exact) mass is 486 g/mol. The van der Waals surface area contributed by atoms with Crippen molar-refractivity contribution < 1.29 is 23.8 Å². The average Bonchev–Trinajstić information content (AvgIpc) is 2.86. The van der Waals surface area contributed by atoms with E-state index in [1.807, 2.05) is 32.0 Å². The molecule has 3 N–H and O–H groups in total. The average molecular weight is 487 g/mol. The minimum Gasteiger partial charge on any atom is -0.493 e. The SMILES string of the molecule is COc1cc2nccc(Oc3ccc(NC(=O)NC(=O)Nc4c(C)cccc4C)cc3)c2cc1OC. The first-order valence-corrected chi connectivity index (χ1v) is 11.1. The molecule has 0 spiro atoms. The third kappa shape index (κ3) is 5.47. The number of ether oxygens (including phenoxy) is 3. The molecular weight excluding hydrogens is 460 g/mol. The minimum absolute atomic E-state index is 0.491. The highest BCUT2D eigenvalue weighted by atomic mass is 16.5. The predicted molar refractivity (Wildman–Crippen MR) is 138 cm³/mol. The zero-order valence-electron chi connectivity index (χ0n) is 20.3.